The van der Waals surface area contributed by atoms with Crippen LogP contribution >= 0.6 is 0 Å². The number of allylic oxidation sites excluding steroid dienone is 1. The lowest BCUT2D eigenvalue weighted by Gasteiger charge is -2.11. The Hall–Kier alpha value is -1.45. The number of rotatable bonds is 1. The maximum Gasteiger partial charge on any atom is 0.262 e. The van der Waals surface area contributed by atoms with Crippen molar-refractivity contribution in [1.82, 2.24) is 0 Å². The van der Waals surface area contributed by atoms with E-state index in [1.807, 2.05) is 0 Å². The molecule has 1 rings (SSSR count). The number of nitrogens with two attached hydrogens (primary N) is 1. The summed E-state index contributed by atoms with van der Waals surface area (Å²) in [5, 5.41) is 8.71. The number of aliphatic hydroxyl groups excluding tert-OH is 1. The maximum absolute atomic E-state index is 10.4. The van der Waals surface area contributed by atoms with Gasteiger partial charge in [-0.1, -0.05) is 0 Å². The van der Waals surface area contributed by atoms with Gasteiger partial charge in [-0.15, -0.1) is 0 Å². The minimum absolute atomic E-state index is 0.0162. The molecule has 0 saturated heterocycles. The highest BCUT2D eigenvalue weighted by Crippen LogP contribution is 2.05. The highest BCUT2D eigenvalue weighted by Gasteiger charge is 2.13. The summed E-state index contributed by atoms with van der Waals surface area (Å²) < 4.78 is 4.68. The normalized spacial score (nSPS) is 23.2. The van der Waals surface area contributed by atoms with Crippen molar-refractivity contribution in [2.45, 2.75) is 6.10 Å². The summed E-state index contributed by atoms with van der Waals surface area (Å²) >= 11 is 0. The number of hydrogen-bond donors (Lipinski definition) is 2. The fourth-order valence-corrected chi connectivity index (χ4v) is 0.576. The van der Waals surface area contributed by atoms with E-state index in [-0.39, 0.29) is 5.76 Å². The zero-order valence-electron chi connectivity index (χ0n) is 5.15. The van der Waals surface area contributed by atoms with Gasteiger partial charge < -0.3 is 15.6 Å². The Kier molecular flexibility index (Phi) is 1.62. The van der Waals surface area contributed by atoms with Crippen LogP contribution in [0, 0.1) is 0 Å². The van der Waals surface area contributed by atoms with Gasteiger partial charge in [0.25, 0.3) is 5.91 Å². The van der Waals surface area contributed by atoms with Crippen molar-refractivity contribution in [3.05, 3.63) is 24.2 Å². The molecule has 0 spiro atoms. The highest BCUT2D eigenvalue weighted by atomic mass is 16.5. The van der Waals surface area contributed by atoms with Gasteiger partial charge in [-0.3, -0.25) is 4.79 Å². The molecule has 4 nitrogen and oxygen atoms in total. The Morgan fingerprint density at radius 3 is 2.90 bits per heavy atom. The van der Waals surface area contributed by atoms with E-state index in [2.05, 4.69) is 4.74 Å². The van der Waals surface area contributed by atoms with Gasteiger partial charge in [0.05, 0.1) is 0 Å². The average molecular weight is 141 g/mol. The predicted molar refractivity (Wildman–Crippen MR) is 33.9 cm³/mol. The van der Waals surface area contributed by atoms with E-state index < -0.39 is 12.0 Å². The second kappa shape index (κ2) is 2.43. The number of hydrogen-bond acceptors (Lipinski definition) is 3. The first-order valence-corrected chi connectivity index (χ1v) is 2.72. The summed E-state index contributed by atoms with van der Waals surface area (Å²) in [6, 6.07) is 0. The van der Waals surface area contributed by atoms with Crippen LogP contribution in [-0.4, -0.2) is 17.1 Å². The first-order valence-electron chi connectivity index (χ1n) is 2.72. The molecule has 0 aromatic carbocycles. The van der Waals surface area contributed by atoms with Crippen LogP contribution in [-0.2, 0) is 9.53 Å². The number of aliphatic hydroxyl groups is 1. The molecule has 0 aliphatic carbocycles. The zero-order chi connectivity index (χ0) is 7.56. The smallest absolute Gasteiger partial charge is 0.262 e. The Bertz CT molecular complexity index is 207. The zero-order valence-corrected chi connectivity index (χ0v) is 5.15. The molecule has 0 fully saturated rings. The number of ether oxygens (including phenoxy) is 1. The van der Waals surface area contributed by atoms with Crippen LogP contribution in [0.5, 0.6) is 0 Å². The van der Waals surface area contributed by atoms with Gasteiger partial charge in [0.15, 0.2) is 6.10 Å². The molecule has 1 amide bonds. The van der Waals surface area contributed by atoms with Crippen LogP contribution in [0.4, 0.5) is 0 Å². The topological polar surface area (TPSA) is 72.6 Å². The van der Waals surface area contributed by atoms with Crippen molar-refractivity contribution in [2.75, 3.05) is 0 Å². The number of primary amides is 1. The molecule has 54 valence electrons. The fraction of sp³-hybridized carbons (Fsp3) is 0.167. The standard InChI is InChI=1S/C6H7NO3/c7-6(9)5-2-1-4(8)3-10-5/h1-3,5,8H,(H2,7,9). The monoisotopic (exact) mass is 141 g/mol. The summed E-state index contributed by atoms with van der Waals surface area (Å²) in [6.07, 6.45) is 3.09. The minimum Gasteiger partial charge on any atom is -0.505 e. The second-order valence-electron chi connectivity index (χ2n) is 1.86. The third-order valence-corrected chi connectivity index (χ3v) is 1.06. The van der Waals surface area contributed by atoms with Crippen LogP contribution in [0.25, 0.3) is 0 Å². The van der Waals surface area contributed by atoms with E-state index in [4.69, 9.17) is 10.8 Å². The number of amides is 1. The molecule has 0 radical (unpaired) electrons. The molecular weight excluding hydrogens is 134 g/mol. The number of carbonyl (C=O) groups excluding carboxylic acids is 1. The van der Waals surface area contributed by atoms with Crippen molar-refractivity contribution in [3.8, 4) is 0 Å². The average Bonchev–Trinajstić information content (AvgIpc) is 1.88. The van der Waals surface area contributed by atoms with Gasteiger partial charge >= 0.3 is 0 Å². The summed E-state index contributed by atoms with van der Waals surface area (Å²) in [7, 11) is 0. The van der Waals surface area contributed by atoms with Gasteiger partial charge in [-0.25, -0.2) is 0 Å². The summed E-state index contributed by atoms with van der Waals surface area (Å²) in [5.74, 6) is -0.586. The van der Waals surface area contributed by atoms with Crippen molar-refractivity contribution < 1.29 is 14.6 Å². The highest BCUT2D eigenvalue weighted by molar-refractivity contribution is 5.81. The van der Waals surface area contributed by atoms with Crippen LogP contribution in [0.2, 0.25) is 0 Å². The second-order valence-corrected chi connectivity index (χ2v) is 1.86. The van der Waals surface area contributed by atoms with E-state index >= 15 is 0 Å². The van der Waals surface area contributed by atoms with Crippen LogP contribution in [0.3, 0.4) is 0 Å². The van der Waals surface area contributed by atoms with E-state index in [9.17, 15) is 4.79 Å². The Labute approximate surface area is 57.6 Å². The Balaban J connectivity index is 2.60. The van der Waals surface area contributed by atoms with Crippen LogP contribution in [0.1, 0.15) is 0 Å². The van der Waals surface area contributed by atoms with Gasteiger partial charge in [0.2, 0.25) is 0 Å². The molecule has 1 unspecified atom stereocenters. The van der Waals surface area contributed by atoms with Gasteiger partial charge in [-0.05, 0) is 12.2 Å². The van der Waals surface area contributed by atoms with Gasteiger partial charge in [0.1, 0.15) is 12.0 Å². The fourth-order valence-electron chi connectivity index (χ4n) is 0.576. The summed E-state index contributed by atoms with van der Waals surface area (Å²) in [5.41, 5.74) is 4.89. The predicted octanol–water partition coefficient (Wildman–Crippen LogP) is -0.174. The first-order chi connectivity index (χ1) is 4.70. The largest absolute Gasteiger partial charge is 0.505 e. The molecule has 0 bridgehead atoms. The van der Waals surface area contributed by atoms with E-state index in [1.54, 1.807) is 0 Å². The van der Waals surface area contributed by atoms with Crippen molar-refractivity contribution in [1.29, 1.82) is 0 Å². The third-order valence-electron chi connectivity index (χ3n) is 1.06. The van der Waals surface area contributed by atoms with Crippen molar-refractivity contribution in [2.24, 2.45) is 5.73 Å². The molecule has 3 N–H and O–H groups in total. The number of carbonyl (C=O) groups is 1. The van der Waals surface area contributed by atoms with Crippen LogP contribution < -0.4 is 5.73 Å². The first kappa shape index (κ1) is 6.67. The molecule has 1 atom stereocenters. The molecule has 4 heteroatoms. The lowest BCUT2D eigenvalue weighted by Crippen LogP contribution is -2.29. The molecule has 0 aromatic rings. The lowest BCUT2D eigenvalue weighted by molar-refractivity contribution is -0.124. The lowest BCUT2D eigenvalue weighted by atomic mass is 10.2. The summed E-state index contributed by atoms with van der Waals surface area (Å²) in [4.78, 5) is 10.4. The Morgan fingerprint density at radius 1 is 1.80 bits per heavy atom. The molecule has 0 aromatic heterocycles. The van der Waals surface area contributed by atoms with Gasteiger partial charge in [0, 0.05) is 0 Å². The third kappa shape index (κ3) is 1.28. The quantitative estimate of drug-likeness (QED) is 0.532. The van der Waals surface area contributed by atoms with E-state index in [0.29, 0.717) is 0 Å². The van der Waals surface area contributed by atoms with Crippen LogP contribution in [0.15, 0.2) is 24.2 Å². The molecule has 1 aliphatic heterocycles. The van der Waals surface area contributed by atoms with Crippen molar-refractivity contribution >= 4 is 5.91 Å². The SMILES string of the molecule is NC(=O)C1C=CC(O)=CO1. The van der Waals surface area contributed by atoms with Crippen molar-refractivity contribution in [3.63, 3.8) is 0 Å². The maximum atomic E-state index is 10.4. The Morgan fingerprint density at radius 2 is 2.50 bits per heavy atom. The molecule has 10 heavy (non-hydrogen) atoms. The summed E-state index contributed by atoms with van der Waals surface area (Å²) in [6.45, 7) is 0. The minimum atomic E-state index is -0.740. The van der Waals surface area contributed by atoms with E-state index in [1.165, 1.54) is 12.2 Å². The molecule has 0 saturated carbocycles. The molecule has 1 aliphatic rings. The molecular formula is C6H7NO3. The molecule has 1 heterocycles. The van der Waals surface area contributed by atoms with Gasteiger partial charge in [-0.2, -0.15) is 0 Å². The van der Waals surface area contributed by atoms with E-state index in [0.717, 1.165) is 6.26 Å².